The molecule has 7 heteroatoms. The lowest BCUT2D eigenvalue weighted by Gasteiger charge is -2.32. The van der Waals surface area contributed by atoms with E-state index in [0.29, 0.717) is 11.5 Å². The molecular weight excluding hydrogens is 306 g/mol. The highest BCUT2D eigenvalue weighted by atomic mass is 16.1. The Hall–Kier alpha value is -2.28. The van der Waals surface area contributed by atoms with Gasteiger partial charge >= 0.3 is 0 Å². The van der Waals surface area contributed by atoms with Crippen LogP contribution in [0, 0.1) is 12.8 Å². The average Bonchev–Trinajstić information content (AvgIpc) is 2.57. The molecule has 0 unspecified atom stereocenters. The summed E-state index contributed by atoms with van der Waals surface area (Å²) >= 11 is 0. The Morgan fingerprint density at radius 2 is 1.96 bits per heavy atom. The molecule has 1 aliphatic rings. The molecule has 3 heterocycles. The summed E-state index contributed by atoms with van der Waals surface area (Å²) in [4.78, 5) is 30.2. The zero-order valence-corrected chi connectivity index (χ0v) is 14.2. The smallest absolute Gasteiger partial charge is 0.266 e. The first-order valence-electron chi connectivity index (χ1n) is 8.28. The SMILES string of the molecule is Cc1cncn(CC2CCN(Cc3cnn(C)c(=O)c3)CC2)c1=O. The van der Waals surface area contributed by atoms with E-state index >= 15 is 0 Å². The van der Waals surface area contributed by atoms with Gasteiger partial charge in [0.05, 0.1) is 12.5 Å². The lowest BCUT2D eigenvalue weighted by atomic mass is 9.96. The third-order valence-corrected chi connectivity index (χ3v) is 4.67. The van der Waals surface area contributed by atoms with Crippen LogP contribution >= 0.6 is 0 Å². The number of aryl methyl sites for hydroxylation is 2. The maximum absolute atomic E-state index is 12.1. The molecule has 7 nitrogen and oxygen atoms in total. The number of piperidine rings is 1. The van der Waals surface area contributed by atoms with Crippen LogP contribution in [0.3, 0.4) is 0 Å². The van der Waals surface area contributed by atoms with Gasteiger partial charge in [0, 0.05) is 38.0 Å². The number of rotatable bonds is 4. The largest absolute Gasteiger partial charge is 0.299 e. The fourth-order valence-corrected chi connectivity index (χ4v) is 3.15. The first-order chi connectivity index (χ1) is 11.5. The zero-order valence-electron chi connectivity index (χ0n) is 14.2. The molecule has 1 saturated heterocycles. The molecule has 24 heavy (non-hydrogen) atoms. The van der Waals surface area contributed by atoms with Crippen molar-refractivity contribution >= 4 is 0 Å². The number of nitrogens with zero attached hydrogens (tertiary/aromatic N) is 5. The van der Waals surface area contributed by atoms with Gasteiger partial charge in [-0.3, -0.25) is 19.1 Å². The van der Waals surface area contributed by atoms with Crippen molar-refractivity contribution in [1.82, 2.24) is 24.2 Å². The van der Waals surface area contributed by atoms with E-state index in [1.807, 2.05) is 0 Å². The second-order valence-electron chi connectivity index (χ2n) is 6.58. The third kappa shape index (κ3) is 3.79. The monoisotopic (exact) mass is 329 g/mol. The normalized spacial score (nSPS) is 16.4. The van der Waals surface area contributed by atoms with Crippen LogP contribution in [0.1, 0.15) is 24.0 Å². The summed E-state index contributed by atoms with van der Waals surface area (Å²) in [6.45, 7) is 5.21. The fraction of sp³-hybridized carbons (Fsp3) is 0.529. The molecule has 2 aromatic heterocycles. The van der Waals surface area contributed by atoms with Crippen molar-refractivity contribution in [3.8, 4) is 0 Å². The Bertz CT molecular complexity index is 818. The van der Waals surface area contributed by atoms with Crippen LogP contribution in [0.4, 0.5) is 0 Å². The van der Waals surface area contributed by atoms with Crippen molar-refractivity contribution < 1.29 is 0 Å². The number of hydrogen-bond acceptors (Lipinski definition) is 5. The van der Waals surface area contributed by atoms with Crippen molar-refractivity contribution in [2.24, 2.45) is 13.0 Å². The highest BCUT2D eigenvalue weighted by Gasteiger charge is 2.20. The van der Waals surface area contributed by atoms with E-state index in [4.69, 9.17) is 0 Å². The standard InChI is InChI=1S/C17H23N5O2/c1-13-8-18-12-22(17(13)24)11-14-3-5-21(6-4-14)10-15-7-16(23)20(2)19-9-15/h7-9,12,14H,3-6,10-11H2,1-2H3. The minimum atomic E-state index is -0.0753. The topological polar surface area (TPSA) is 73.0 Å². The molecule has 3 rings (SSSR count). The Balaban J connectivity index is 1.55. The van der Waals surface area contributed by atoms with Gasteiger partial charge in [-0.05, 0) is 44.3 Å². The first kappa shape index (κ1) is 16.6. The van der Waals surface area contributed by atoms with Crippen molar-refractivity contribution in [3.05, 3.63) is 56.6 Å². The third-order valence-electron chi connectivity index (χ3n) is 4.67. The Labute approximate surface area is 140 Å². The van der Waals surface area contributed by atoms with Gasteiger partial charge in [0.1, 0.15) is 0 Å². The second-order valence-corrected chi connectivity index (χ2v) is 6.58. The molecular formula is C17H23N5O2. The maximum Gasteiger partial charge on any atom is 0.266 e. The van der Waals surface area contributed by atoms with E-state index in [9.17, 15) is 9.59 Å². The molecule has 1 fully saturated rings. The van der Waals surface area contributed by atoms with Crippen LogP contribution in [-0.4, -0.2) is 37.3 Å². The van der Waals surface area contributed by atoms with Gasteiger partial charge < -0.3 is 0 Å². The maximum atomic E-state index is 12.1. The van der Waals surface area contributed by atoms with Crippen molar-refractivity contribution in [3.63, 3.8) is 0 Å². The number of aromatic nitrogens is 4. The predicted octanol–water partition coefficient (Wildman–Crippen LogP) is 0.558. The first-order valence-corrected chi connectivity index (χ1v) is 8.28. The van der Waals surface area contributed by atoms with Crippen molar-refractivity contribution in [2.45, 2.75) is 32.9 Å². The van der Waals surface area contributed by atoms with Crippen molar-refractivity contribution in [2.75, 3.05) is 13.1 Å². The molecule has 0 saturated carbocycles. The number of likely N-dealkylation sites (tertiary alicyclic amines) is 1. The van der Waals surface area contributed by atoms with Gasteiger partial charge in [-0.2, -0.15) is 5.10 Å². The minimum absolute atomic E-state index is 0.0543. The number of hydrogen-bond donors (Lipinski definition) is 0. The van der Waals surface area contributed by atoms with Crippen molar-refractivity contribution in [1.29, 1.82) is 0 Å². The van der Waals surface area contributed by atoms with E-state index in [1.54, 1.807) is 43.3 Å². The molecule has 0 bridgehead atoms. The summed E-state index contributed by atoms with van der Waals surface area (Å²) in [5.74, 6) is 0.490. The van der Waals surface area contributed by atoms with Gasteiger partial charge in [-0.25, -0.2) is 9.67 Å². The molecule has 0 amide bonds. The molecule has 2 aromatic rings. The highest BCUT2D eigenvalue weighted by Crippen LogP contribution is 2.19. The predicted molar refractivity (Wildman–Crippen MR) is 90.7 cm³/mol. The Morgan fingerprint density at radius 1 is 1.21 bits per heavy atom. The molecule has 0 atom stereocenters. The van der Waals surface area contributed by atoms with Gasteiger partial charge in [0.15, 0.2) is 0 Å². The molecule has 0 aliphatic carbocycles. The summed E-state index contributed by atoms with van der Waals surface area (Å²) in [6, 6.07) is 1.65. The summed E-state index contributed by atoms with van der Waals surface area (Å²) in [6.07, 6.45) is 7.08. The van der Waals surface area contributed by atoms with Crippen LogP contribution in [0.15, 0.2) is 34.4 Å². The van der Waals surface area contributed by atoms with Gasteiger partial charge in [0.25, 0.3) is 11.1 Å². The van der Waals surface area contributed by atoms with E-state index < -0.39 is 0 Å². The average molecular weight is 329 g/mol. The highest BCUT2D eigenvalue weighted by molar-refractivity contribution is 5.06. The van der Waals surface area contributed by atoms with Gasteiger partial charge in [-0.1, -0.05) is 0 Å². The van der Waals surface area contributed by atoms with Crippen LogP contribution in [-0.2, 0) is 20.1 Å². The zero-order chi connectivity index (χ0) is 17.1. The summed E-state index contributed by atoms with van der Waals surface area (Å²) in [5.41, 5.74) is 1.62. The van der Waals surface area contributed by atoms with Crippen LogP contribution in [0.25, 0.3) is 0 Å². The van der Waals surface area contributed by atoms with Crippen LogP contribution < -0.4 is 11.1 Å². The van der Waals surface area contributed by atoms with E-state index in [1.165, 1.54) is 4.68 Å². The van der Waals surface area contributed by atoms with E-state index in [2.05, 4.69) is 15.0 Å². The summed E-state index contributed by atoms with van der Waals surface area (Å²) < 4.78 is 3.06. The Morgan fingerprint density at radius 3 is 2.67 bits per heavy atom. The quantitative estimate of drug-likeness (QED) is 0.819. The van der Waals surface area contributed by atoms with E-state index in [-0.39, 0.29) is 11.1 Å². The molecule has 0 radical (unpaired) electrons. The lowest BCUT2D eigenvalue weighted by Crippen LogP contribution is -2.36. The molecule has 1 aliphatic heterocycles. The van der Waals surface area contributed by atoms with Gasteiger partial charge in [-0.15, -0.1) is 0 Å². The van der Waals surface area contributed by atoms with E-state index in [0.717, 1.165) is 44.6 Å². The molecule has 0 spiro atoms. The van der Waals surface area contributed by atoms with Crippen LogP contribution in [0.5, 0.6) is 0 Å². The minimum Gasteiger partial charge on any atom is -0.299 e. The molecule has 0 N–H and O–H groups in total. The molecule has 128 valence electrons. The second kappa shape index (κ2) is 7.09. The van der Waals surface area contributed by atoms with Crippen LogP contribution in [0.2, 0.25) is 0 Å². The van der Waals surface area contributed by atoms with Gasteiger partial charge in [0.2, 0.25) is 0 Å². The lowest BCUT2D eigenvalue weighted by molar-refractivity contribution is 0.166. The fourth-order valence-electron chi connectivity index (χ4n) is 3.15. The summed E-state index contributed by atoms with van der Waals surface area (Å²) in [7, 11) is 1.65. The summed E-state index contributed by atoms with van der Waals surface area (Å²) in [5, 5.41) is 4.07. The Kier molecular flexibility index (Phi) is 4.89. The molecule has 0 aromatic carbocycles.